The van der Waals surface area contributed by atoms with Crippen LogP contribution in [0.3, 0.4) is 0 Å². The summed E-state index contributed by atoms with van der Waals surface area (Å²) in [7, 11) is 1.55. The number of nitrogens with one attached hydrogen (secondary N) is 1. The highest BCUT2D eigenvalue weighted by molar-refractivity contribution is 6.28. The van der Waals surface area contributed by atoms with E-state index >= 15 is 0 Å². The minimum Gasteiger partial charge on any atom is -0.497 e. The molecule has 1 aliphatic rings. The summed E-state index contributed by atoms with van der Waals surface area (Å²) in [4.78, 5) is 37.8. The Balaban J connectivity index is 1.64. The molecular weight excluding hydrogens is 342 g/mol. The number of carbonyl (C=O) groups excluding carboxylic acids is 3. The molecule has 0 saturated heterocycles. The second-order valence-corrected chi connectivity index (χ2v) is 6.15. The van der Waals surface area contributed by atoms with Crippen LogP contribution in [0.5, 0.6) is 5.75 Å². The average molecular weight is 357 g/mol. The molecule has 0 radical (unpaired) electrons. The summed E-state index contributed by atoms with van der Waals surface area (Å²) in [5.74, 6) is -0.0651. The van der Waals surface area contributed by atoms with Gasteiger partial charge in [0.25, 0.3) is 5.91 Å². The van der Waals surface area contributed by atoms with Crippen LogP contribution in [0.4, 0.5) is 5.69 Å². The normalized spacial score (nSPS) is 12.2. The summed E-state index contributed by atoms with van der Waals surface area (Å²) in [5, 5.41) is 2.76. The smallest absolute Gasteiger partial charge is 0.255 e. The number of ether oxygens (including phenoxy) is 1. The van der Waals surface area contributed by atoms with Crippen molar-refractivity contribution in [2.45, 2.75) is 0 Å². The standard InChI is InChI=1S/C22H15NO4/c1-27-15-9-6-13(7-10-15)22(26)23-14-8-11-18-19(12-14)21(25)17-5-3-2-4-16(17)20(18)24/h2-12H,1H3,(H,23,26). The van der Waals surface area contributed by atoms with E-state index in [0.717, 1.165) is 0 Å². The van der Waals surface area contributed by atoms with Gasteiger partial charge in [-0.1, -0.05) is 24.3 Å². The number of amides is 1. The van der Waals surface area contributed by atoms with Crippen LogP contribution >= 0.6 is 0 Å². The van der Waals surface area contributed by atoms with E-state index in [1.807, 2.05) is 0 Å². The Labute approximate surface area is 155 Å². The van der Waals surface area contributed by atoms with Crippen LogP contribution in [0, 0.1) is 0 Å². The molecule has 27 heavy (non-hydrogen) atoms. The van der Waals surface area contributed by atoms with Gasteiger partial charge < -0.3 is 10.1 Å². The zero-order valence-corrected chi connectivity index (χ0v) is 14.5. The first-order chi connectivity index (χ1) is 13.1. The van der Waals surface area contributed by atoms with Crippen molar-refractivity contribution in [3.8, 4) is 5.75 Å². The molecule has 5 nitrogen and oxygen atoms in total. The van der Waals surface area contributed by atoms with Crippen molar-refractivity contribution < 1.29 is 19.1 Å². The van der Waals surface area contributed by atoms with Gasteiger partial charge in [-0.05, 0) is 42.5 Å². The van der Waals surface area contributed by atoms with E-state index in [2.05, 4.69) is 5.32 Å². The number of rotatable bonds is 3. The molecule has 5 heteroatoms. The predicted octanol–water partition coefficient (Wildman–Crippen LogP) is 3.72. The van der Waals surface area contributed by atoms with Crippen molar-refractivity contribution in [2.75, 3.05) is 12.4 Å². The van der Waals surface area contributed by atoms with E-state index in [1.165, 1.54) is 0 Å². The Bertz CT molecular complexity index is 1080. The number of ketones is 2. The monoisotopic (exact) mass is 357 g/mol. The molecule has 0 unspecified atom stereocenters. The van der Waals surface area contributed by atoms with Gasteiger partial charge in [0.2, 0.25) is 0 Å². The summed E-state index contributed by atoms with van der Waals surface area (Å²) in [5.41, 5.74) is 2.35. The predicted molar refractivity (Wildman–Crippen MR) is 101 cm³/mol. The van der Waals surface area contributed by atoms with Crippen molar-refractivity contribution in [2.24, 2.45) is 0 Å². The van der Waals surface area contributed by atoms with Crippen LogP contribution < -0.4 is 10.1 Å². The van der Waals surface area contributed by atoms with Crippen molar-refractivity contribution in [1.29, 1.82) is 0 Å². The molecule has 0 fully saturated rings. The van der Waals surface area contributed by atoms with Gasteiger partial charge in [-0.3, -0.25) is 14.4 Å². The largest absolute Gasteiger partial charge is 0.497 e. The van der Waals surface area contributed by atoms with Crippen molar-refractivity contribution in [1.82, 2.24) is 0 Å². The lowest BCUT2D eigenvalue weighted by Crippen LogP contribution is -2.21. The Morgan fingerprint density at radius 1 is 0.778 bits per heavy atom. The van der Waals surface area contributed by atoms with Crippen molar-refractivity contribution in [3.63, 3.8) is 0 Å². The number of methoxy groups -OCH3 is 1. The van der Waals surface area contributed by atoms with E-state index in [0.29, 0.717) is 39.3 Å². The van der Waals surface area contributed by atoms with E-state index in [4.69, 9.17) is 4.74 Å². The number of benzene rings is 3. The minimum absolute atomic E-state index is 0.187. The molecule has 1 aliphatic carbocycles. The molecule has 1 N–H and O–H groups in total. The second-order valence-electron chi connectivity index (χ2n) is 6.15. The highest BCUT2D eigenvalue weighted by Gasteiger charge is 2.29. The van der Waals surface area contributed by atoms with Gasteiger partial charge in [0.05, 0.1) is 7.11 Å². The molecule has 4 rings (SSSR count). The maximum Gasteiger partial charge on any atom is 0.255 e. The number of carbonyl (C=O) groups is 3. The van der Waals surface area contributed by atoms with Crippen molar-refractivity contribution >= 4 is 23.2 Å². The average Bonchev–Trinajstić information content (AvgIpc) is 2.72. The highest BCUT2D eigenvalue weighted by atomic mass is 16.5. The molecule has 0 saturated carbocycles. The van der Waals surface area contributed by atoms with E-state index < -0.39 is 0 Å². The molecule has 0 bridgehead atoms. The quantitative estimate of drug-likeness (QED) is 0.606. The van der Waals surface area contributed by atoms with Crippen LogP contribution in [-0.4, -0.2) is 24.6 Å². The fraction of sp³-hybridized carbons (Fsp3) is 0.0455. The van der Waals surface area contributed by atoms with E-state index in [-0.39, 0.29) is 17.5 Å². The van der Waals surface area contributed by atoms with Gasteiger partial charge in [-0.15, -0.1) is 0 Å². The molecule has 132 valence electrons. The zero-order chi connectivity index (χ0) is 19.0. The van der Waals surface area contributed by atoms with Crippen molar-refractivity contribution in [3.05, 3.63) is 94.5 Å². The van der Waals surface area contributed by atoms with Gasteiger partial charge in [0, 0.05) is 33.5 Å². The lowest BCUT2D eigenvalue weighted by molar-refractivity contribution is 0.0979. The maximum atomic E-state index is 12.8. The van der Waals surface area contributed by atoms with E-state index in [1.54, 1.807) is 73.8 Å². The molecule has 0 spiro atoms. The molecule has 0 atom stereocenters. The summed E-state index contributed by atoms with van der Waals surface area (Å²) >= 11 is 0. The summed E-state index contributed by atoms with van der Waals surface area (Å²) in [6.07, 6.45) is 0. The van der Waals surface area contributed by atoms with Gasteiger partial charge in [-0.2, -0.15) is 0 Å². The first-order valence-electron chi connectivity index (χ1n) is 8.36. The van der Waals surface area contributed by atoms with Crippen LogP contribution in [0.15, 0.2) is 66.7 Å². The first-order valence-corrected chi connectivity index (χ1v) is 8.36. The van der Waals surface area contributed by atoms with E-state index in [9.17, 15) is 14.4 Å². The van der Waals surface area contributed by atoms with Crippen LogP contribution in [0.2, 0.25) is 0 Å². The maximum absolute atomic E-state index is 12.8. The van der Waals surface area contributed by atoms with Gasteiger partial charge >= 0.3 is 0 Å². The Hall–Kier alpha value is -3.73. The van der Waals surface area contributed by atoms with Gasteiger partial charge in [0.1, 0.15) is 5.75 Å². The number of hydrogen-bond donors (Lipinski definition) is 1. The van der Waals surface area contributed by atoms with Crippen LogP contribution in [0.1, 0.15) is 42.2 Å². The Morgan fingerprint density at radius 2 is 1.37 bits per heavy atom. The first kappa shape index (κ1) is 16.7. The number of anilines is 1. The van der Waals surface area contributed by atoms with Crippen LogP contribution in [0.25, 0.3) is 0 Å². The summed E-state index contributed by atoms with van der Waals surface area (Å²) in [6, 6.07) is 18.2. The molecule has 1 amide bonds. The summed E-state index contributed by atoms with van der Waals surface area (Å²) < 4.78 is 5.08. The molecule has 0 heterocycles. The zero-order valence-electron chi connectivity index (χ0n) is 14.5. The van der Waals surface area contributed by atoms with Gasteiger partial charge in [-0.25, -0.2) is 0 Å². The topological polar surface area (TPSA) is 72.5 Å². The molecule has 0 aromatic heterocycles. The second kappa shape index (κ2) is 6.53. The fourth-order valence-electron chi connectivity index (χ4n) is 3.12. The molecule has 3 aromatic rings. The fourth-order valence-corrected chi connectivity index (χ4v) is 3.12. The van der Waals surface area contributed by atoms with Gasteiger partial charge in [0.15, 0.2) is 11.6 Å². The third kappa shape index (κ3) is 2.89. The third-order valence-electron chi connectivity index (χ3n) is 4.54. The highest BCUT2D eigenvalue weighted by Crippen LogP contribution is 2.29. The summed E-state index contributed by atoms with van der Waals surface area (Å²) in [6.45, 7) is 0. The van der Waals surface area contributed by atoms with Crippen LogP contribution in [-0.2, 0) is 0 Å². The number of fused-ring (bicyclic) bond motifs is 2. The Morgan fingerprint density at radius 3 is 2.00 bits per heavy atom. The number of hydrogen-bond acceptors (Lipinski definition) is 4. The molecule has 0 aliphatic heterocycles. The SMILES string of the molecule is COc1ccc(C(=O)Nc2ccc3c(c2)C(=O)c2ccccc2C3=O)cc1. The molecular formula is C22H15NO4. The lowest BCUT2D eigenvalue weighted by atomic mass is 9.84. The third-order valence-corrected chi connectivity index (χ3v) is 4.54. The molecule has 3 aromatic carbocycles. The lowest BCUT2D eigenvalue weighted by Gasteiger charge is -2.18. The Kier molecular flexibility index (Phi) is 4.05. The minimum atomic E-state index is -0.312.